The van der Waals surface area contributed by atoms with Crippen LogP contribution in [-0.4, -0.2) is 9.97 Å². The second kappa shape index (κ2) is 7.41. The maximum atomic E-state index is 13.3. The summed E-state index contributed by atoms with van der Waals surface area (Å²) in [4.78, 5) is 8.61. The molecule has 0 aliphatic heterocycles. The van der Waals surface area contributed by atoms with Crippen LogP contribution in [0.25, 0.3) is 16.8 Å². The molecule has 0 N–H and O–H groups in total. The third-order valence-corrected chi connectivity index (χ3v) is 3.09. The Kier molecular flexibility index (Phi) is 5.31. The first kappa shape index (κ1) is 15.8. The lowest BCUT2D eigenvalue weighted by Crippen LogP contribution is -1.95. The van der Waals surface area contributed by atoms with Gasteiger partial charge in [0.25, 0.3) is 0 Å². The number of halogens is 2. The van der Waals surface area contributed by atoms with Crippen LogP contribution in [0.15, 0.2) is 67.3 Å². The highest BCUT2D eigenvalue weighted by Gasteiger charge is 2.10. The Morgan fingerprint density at radius 1 is 1.14 bits per heavy atom. The van der Waals surface area contributed by atoms with E-state index in [9.17, 15) is 8.78 Å². The van der Waals surface area contributed by atoms with Crippen molar-refractivity contribution in [3.8, 4) is 11.3 Å². The van der Waals surface area contributed by atoms with Gasteiger partial charge in [0.2, 0.25) is 0 Å². The van der Waals surface area contributed by atoms with Gasteiger partial charge in [-0.25, -0.2) is 8.78 Å². The third-order valence-electron chi connectivity index (χ3n) is 3.09. The Hall–Kier alpha value is -2.62. The van der Waals surface area contributed by atoms with Crippen LogP contribution in [0.4, 0.5) is 8.78 Å². The summed E-state index contributed by atoms with van der Waals surface area (Å²) < 4.78 is 26.4. The first-order valence-electron chi connectivity index (χ1n) is 6.91. The summed E-state index contributed by atoms with van der Waals surface area (Å²) in [6.07, 6.45) is 8.04. The molecule has 2 aromatic rings. The van der Waals surface area contributed by atoms with Crippen LogP contribution in [0.5, 0.6) is 0 Å². The van der Waals surface area contributed by atoms with E-state index in [0.29, 0.717) is 23.4 Å². The Morgan fingerprint density at radius 2 is 1.82 bits per heavy atom. The summed E-state index contributed by atoms with van der Waals surface area (Å²) in [6.45, 7) is 5.48. The van der Waals surface area contributed by atoms with Gasteiger partial charge in [0.1, 0.15) is 5.82 Å². The molecule has 4 heteroatoms. The lowest BCUT2D eigenvalue weighted by Gasteiger charge is -2.08. The van der Waals surface area contributed by atoms with Gasteiger partial charge in [-0.05, 0) is 36.8 Å². The van der Waals surface area contributed by atoms with E-state index in [4.69, 9.17) is 0 Å². The van der Waals surface area contributed by atoms with Crippen molar-refractivity contribution >= 4 is 5.57 Å². The summed E-state index contributed by atoms with van der Waals surface area (Å²) in [5.41, 5.74) is 2.55. The number of aromatic nitrogens is 2. The van der Waals surface area contributed by atoms with Crippen LogP contribution in [0.1, 0.15) is 19.0 Å². The Bertz CT molecular complexity index is 716. The van der Waals surface area contributed by atoms with Crippen LogP contribution in [-0.2, 0) is 0 Å². The molecule has 0 radical (unpaired) electrons. The lowest BCUT2D eigenvalue weighted by atomic mass is 10.0. The molecule has 2 nitrogen and oxygen atoms in total. The molecular weight excluding hydrogens is 282 g/mol. The fourth-order valence-corrected chi connectivity index (χ4v) is 1.91. The summed E-state index contributed by atoms with van der Waals surface area (Å²) in [5, 5.41) is 0. The van der Waals surface area contributed by atoms with Crippen molar-refractivity contribution in [3.63, 3.8) is 0 Å². The Balaban J connectivity index is 2.51. The number of allylic oxidation sites excluding steroid dienone is 5. The van der Waals surface area contributed by atoms with Crippen molar-refractivity contribution in [2.75, 3.05) is 0 Å². The second-order valence-corrected chi connectivity index (χ2v) is 4.55. The van der Waals surface area contributed by atoms with E-state index < -0.39 is 0 Å². The van der Waals surface area contributed by atoms with Gasteiger partial charge in [-0.3, -0.25) is 9.97 Å². The zero-order valence-electron chi connectivity index (χ0n) is 12.3. The number of nitrogens with zero attached hydrogens (tertiary/aromatic N) is 2. The highest BCUT2D eigenvalue weighted by molar-refractivity contribution is 5.81. The van der Waals surface area contributed by atoms with E-state index in [0.717, 1.165) is 5.56 Å². The van der Waals surface area contributed by atoms with Crippen LogP contribution in [0.3, 0.4) is 0 Å². The van der Waals surface area contributed by atoms with Crippen molar-refractivity contribution in [1.82, 2.24) is 9.97 Å². The summed E-state index contributed by atoms with van der Waals surface area (Å²) in [6, 6.07) is 5.99. The molecular formula is C18H16F2N2. The van der Waals surface area contributed by atoms with Gasteiger partial charge in [-0.1, -0.05) is 25.7 Å². The fraction of sp³-hybridized carbons (Fsp3) is 0.111. The monoisotopic (exact) mass is 298 g/mol. The Morgan fingerprint density at radius 3 is 2.45 bits per heavy atom. The molecule has 0 unspecified atom stereocenters. The van der Waals surface area contributed by atoms with E-state index in [1.165, 1.54) is 18.2 Å². The summed E-state index contributed by atoms with van der Waals surface area (Å²) in [5.74, 6) is -0.548. The maximum absolute atomic E-state index is 13.3. The average molecular weight is 298 g/mol. The van der Waals surface area contributed by atoms with Crippen molar-refractivity contribution in [2.24, 2.45) is 0 Å². The molecule has 22 heavy (non-hydrogen) atoms. The van der Waals surface area contributed by atoms with E-state index in [1.54, 1.807) is 43.6 Å². The first-order valence-corrected chi connectivity index (χ1v) is 6.91. The number of hydrogen-bond acceptors (Lipinski definition) is 2. The minimum Gasteiger partial charge on any atom is -0.252 e. The van der Waals surface area contributed by atoms with Crippen LogP contribution in [0.2, 0.25) is 0 Å². The largest absolute Gasteiger partial charge is 0.252 e. The van der Waals surface area contributed by atoms with E-state index >= 15 is 0 Å². The van der Waals surface area contributed by atoms with Gasteiger partial charge in [0.15, 0.2) is 0 Å². The molecule has 1 aromatic carbocycles. The van der Waals surface area contributed by atoms with Crippen molar-refractivity contribution < 1.29 is 8.78 Å². The number of benzene rings is 1. The van der Waals surface area contributed by atoms with Crippen molar-refractivity contribution in [2.45, 2.75) is 13.3 Å². The highest BCUT2D eigenvalue weighted by Crippen LogP contribution is 2.26. The fourth-order valence-electron chi connectivity index (χ4n) is 1.91. The molecule has 2 rings (SSSR count). The lowest BCUT2D eigenvalue weighted by molar-refractivity contribution is 0.604. The molecule has 1 aromatic heterocycles. The normalized spacial score (nSPS) is 12.3. The summed E-state index contributed by atoms with van der Waals surface area (Å²) in [7, 11) is 0. The minimum absolute atomic E-state index is 0.230. The van der Waals surface area contributed by atoms with Gasteiger partial charge in [-0.15, -0.1) is 0 Å². The quantitative estimate of drug-likeness (QED) is 0.716. The van der Waals surface area contributed by atoms with Gasteiger partial charge in [0.05, 0.1) is 17.2 Å². The standard InChI is InChI=1S/C18H16F2N2/c1-3-13(5-8-15(19)4-2)17-18(22-12-11-21-17)14-6-9-16(20)10-7-14/h3,5-12H,1,4H2,2H3/b13-5+,15-8+. The molecule has 0 aliphatic carbocycles. The third kappa shape index (κ3) is 3.73. The van der Waals surface area contributed by atoms with E-state index in [1.807, 2.05) is 0 Å². The van der Waals surface area contributed by atoms with Gasteiger partial charge in [0, 0.05) is 23.5 Å². The molecule has 0 aliphatic rings. The Labute approximate surface area is 128 Å². The van der Waals surface area contributed by atoms with E-state index in [2.05, 4.69) is 16.5 Å². The predicted molar refractivity (Wildman–Crippen MR) is 85.1 cm³/mol. The summed E-state index contributed by atoms with van der Waals surface area (Å²) >= 11 is 0. The maximum Gasteiger partial charge on any atom is 0.123 e. The number of hydrogen-bond donors (Lipinski definition) is 0. The minimum atomic E-state index is -0.318. The molecule has 0 fully saturated rings. The molecule has 0 amide bonds. The number of rotatable bonds is 5. The topological polar surface area (TPSA) is 25.8 Å². The zero-order chi connectivity index (χ0) is 15.9. The van der Waals surface area contributed by atoms with Gasteiger partial charge < -0.3 is 0 Å². The second-order valence-electron chi connectivity index (χ2n) is 4.55. The molecule has 0 atom stereocenters. The van der Waals surface area contributed by atoms with Crippen LogP contribution >= 0.6 is 0 Å². The highest BCUT2D eigenvalue weighted by atomic mass is 19.1. The van der Waals surface area contributed by atoms with Crippen molar-refractivity contribution in [3.05, 3.63) is 78.8 Å². The molecule has 112 valence electrons. The van der Waals surface area contributed by atoms with Crippen molar-refractivity contribution in [1.29, 1.82) is 0 Å². The predicted octanol–water partition coefficient (Wildman–Crippen LogP) is 5.12. The molecule has 1 heterocycles. The first-order chi connectivity index (χ1) is 10.7. The molecule has 0 saturated carbocycles. The zero-order valence-corrected chi connectivity index (χ0v) is 12.3. The average Bonchev–Trinajstić information content (AvgIpc) is 2.56. The molecule has 0 bridgehead atoms. The van der Waals surface area contributed by atoms with Gasteiger partial charge >= 0.3 is 0 Å². The van der Waals surface area contributed by atoms with Crippen LogP contribution < -0.4 is 0 Å². The van der Waals surface area contributed by atoms with E-state index in [-0.39, 0.29) is 11.6 Å². The smallest absolute Gasteiger partial charge is 0.123 e. The SMILES string of the molecule is C=C/C(=C\C=C(\F)CC)c1nccnc1-c1ccc(F)cc1. The molecule has 0 spiro atoms. The molecule has 0 saturated heterocycles. The van der Waals surface area contributed by atoms with Crippen LogP contribution in [0, 0.1) is 5.82 Å². The van der Waals surface area contributed by atoms with Gasteiger partial charge in [-0.2, -0.15) is 0 Å².